The number of carbonyl (C=O) groups excluding carboxylic acids is 1. The van der Waals surface area contributed by atoms with Crippen molar-refractivity contribution in [1.29, 1.82) is 0 Å². The van der Waals surface area contributed by atoms with Gasteiger partial charge in [-0.2, -0.15) is 0 Å². The van der Waals surface area contributed by atoms with Crippen LogP contribution in [0.1, 0.15) is 40.5 Å². The normalized spacial score (nSPS) is 13.9. The van der Waals surface area contributed by atoms with E-state index in [1.54, 1.807) is 6.92 Å². The SMILES string of the molecule is CCC(C)(C)CCOC(=O)C(C)Cl. The number of ether oxygens (including phenoxy) is 1. The van der Waals surface area contributed by atoms with Crippen LogP contribution in [-0.2, 0) is 9.53 Å². The van der Waals surface area contributed by atoms with Crippen molar-refractivity contribution < 1.29 is 9.53 Å². The third kappa shape index (κ3) is 5.92. The van der Waals surface area contributed by atoms with Crippen LogP contribution in [0.15, 0.2) is 0 Å². The summed E-state index contributed by atoms with van der Waals surface area (Å²) in [4.78, 5) is 11.0. The lowest BCUT2D eigenvalue weighted by Crippen LogP contribution is -2.19. The molecular formula is C10H19ClO2. The molecule has 78 valence electrons. The summed E-state index contributed by atoms with van der Waals surface area (Å²) in [5.41, 5.74) is 0.246. The van der Waals surface area contributed by atoms with Gasteiger partial charge in [0, 0.05) is 0 Å². The summed E-state index contributed by atoms with van der Waals surface area (Å²) in [5.74, 6) is -0.325. The molecule has 0 aromatic carbocycles. The first-order valence-corrected chi connectivity index (χ1v) is 5.13. The van der Waals surface area contributed by atoms with E-state index >= 15 is 0 Å². The van der Waals surface area contributed by atoms with Crippen molar-refractivity contribution in [1.82, 2.24) is 0 Å². The Bertz CT molecular complexity index is 164. The number of alkyl halides is 1. The van der Waals surface area contributed by atoms with Gasteiger partial charge < -0.3 is 4.74 Å². The van der Waals surface area contributed by atoms with E-state index in [-0.39, 0.29) is 11.4 Å². The second kappa shape index (κ2) is 5.48. The summed E-state index contributed by atoms with van der Waals surface area (Å²) in [7, 11) is 0. The van der Waals surface area contributed by atoms with Crippen LogP contribution in [0.2, 0.25) is 0 Å². The van der Waals surface area contributed by atoms with Gasteiger partial charge in [-0.3, -0.25) is 4.79 Å². The molecule has 3 heteroatoms. The van der Waals surface area contributed by atoms with E-state index in [0.717, 1.165) is 12.8 Å². The van der Waals surface area contributed by atoms with Gasteiger partial charge in [0.15, 0.2) is 0 Å². The van der Waals surface area contributed by atoms with Gasteiger partial charge in [-0.15, -0.1) is 11.6 Å². The predicted molar refractivity (Wildman–Crippen MR) is 55.0 cm³/mol. The Morgan fingerprint density at radius 1 is 1.54 bits per heavy atom. The molecular weight excluding hydrogens is 188 g/mol. The molecule has 1 atom stereocenters. The Morgan fingerprint density at radius 2 is 2.08 bits per heavy atom. The van der Waals surface area contributed by atoms with Crippen molar-refractivity contribution in [2.45, 2.75) is 45.9 Å². The fraction of sp³-hybridized carbons (Fsp3) is 0.900. The van der Waals surface area contributed by atoms with Crippen molar-refractivity contribution in [2.24, 2.45) is 5.41 Å². The Hall–Kier alpha value is -0.240. The zero-order valence-electron chi connectivity index (χ0n) is 8.89. The first-order valence-electron chi connectivity index (χ1n) is 4.70. The van der Waals surface area contributed by atoms with Crippen LogP contribution in [0.4, 0.5) is 0 Å². The fourth-order valence-corrected chi connectivity index (χ4v) is 0.783. The molecule has 0 amide bonds. The maximum Gasteiger partial charge on any atom is 0.323 e. The molecule has 0 heterocycles. The van der Waals surface area contributed by atoms with Crippen LogP contribution < -0.4 is 0 Å². The largest absolute Gasteiger partial charge is 0.465 e. The maximum absolute atomic E-state index is 11.0. The summed E-state index contributed by atoms with van der Waals surface area (Å²) >= 11 is 5.54. The topological polar surface area (TPSA) is 26.3 Å². The summed E-state index contributed by atoms with van der Waals surface area (Å²) < 4.78 is 4.97. The Kier molecular flexibility index (Phi) is 5.38. The standard InChI is InChI=1S/C10H19ClO2/c1-5-10(3,4)6-7-13-9(12)8(2)11/h8H,5-7H2,1-4H3. The number of rotatable bonds is 5. The molecule has 0 N–H and O–H groups in total. The van der Waals surface area contributed by atoms with E-state index in [0.29, 0.717) is 6.61 Å². The molecule has 0 aliphatic rings. The smallest absolute Gasteiger partial charge is 0.323 e. The zero-order chi connectivity index (χ0) is 10.5. The molecule has 0 aliphatic heterocycles. The molecule has 0 bridgehead atoms. The highest BCUT2D eigenvalue weighted by Gasteiger charge is 2.16. The quantitative estimate of drug-likeness (QED) is 0.511. The minimum Gasteiger partial charge on any atom is -0.465 e. The summed E-state index contributed by atoms with van der Waals surface area (Å²) in [5, 5.41) is -0.537. The van der Waals surface area contributed by atoms with Crippen LogP contribution >= 0.6 is 11.6 Å². The van der Waals surface area contributed by atoms with E-state index in [2.05, 4.69) is 20.8 Å². The number of esters is 1. The average molecular weight is 207 g/mol. The minimum absolute atomic E-state index is 0.246. The molecule has 0 rings (SSSR count). The molecule has 1 unspecified atom stereocenters. The van der Waals surface area contributed by atoms with E-state index in [1.807, 2.05) is 0 Å². The molecule has 2 nitrogen and oxygen atoms in total. The first-order chi connectivity index (χ1) is 5.89. The highest BCUT2D eigenvalue weighted by molar-refractivity contribution is 6.29. The van der Waals surface area contributed by atoms with Crippen LogP contribution in [0.25, 0.3) is 0 Å². The van der Waals surface area contributed by atoms with Gasteiger partial charge in [0.2, 0.25) is 0 Å². The van der Waals surface area contributed by atoms with Gasteiger partial charge >= 0.3 is 5.97 Å². The third-order valence-corrected chi connectivity index (χ3v) is 2.48. The number of hydrogen-bond donors (Lipinski definition) is 0. The van der Waals surface area contributed by atoms with Gasteiger partial charge in [-0.05, 0) is 18.8 Å². The summed E-state index contributed by atoms with van der Waals surface area (Å²) in [6, 6.07) is 0. The molecule has 0 saturated carbocycles. The Labute approximate surface area is 85.6 Å². The van der Waals surface area contributed by atoms with Crippen LogP contribution in [0.3, 0.4) is 0 Å². The summed E-state index contributed by atoms with van der Waals surface area (Å²) in [6.45, 7) is 8.54. The van der Waals surface area contributed by atoms with Crippen molar-refractivity contribution in [2.75, 3.05) is 6.61 Å². The molecule has 13 heavy (non-hydrogen) atoms. The van der Waals surface area contributed by atoms with E-state index in [1.165, 1.54) is 0 Å². The average Bonchev–Trinajstić information content (AvgIpc) is 2.04. The van der Waals surface area contributed by atoms with Crippen molar-refractivity contribution in [3.05, 3.63) is 0 Å². The van der Waals surface area contributed by atoms with Crippen molar-refractivity contribution >= 4 is 17.6 Å². The van der Waals surface area contributed by atoms with Gasteiger partial charge in [0.05, 0.1) is 6.61 Å². The third-order valence-electron chi connectivity index (χ3n) is 2.31. The fourth-order valence-electron chi connectivity index (χ4n) is 0.720. The second-order valence-corrected chi connectivity index (χ2v) is 4.71. The first kappa shape index (κ1) is 12.8. The van der Waals surface area contributed by atoms with Crippen LogP contribution in [-0.4, -0.2) is 18.0 Å². The van der Waals surface area contributed by atoms with E-state index in [9.17, 15) is 4.79 Å². The summed E-state index contributed by atoms with van der Waals surface area (Å²) in [6.07, 6.45) is 1.97. The molecule has 0 fully saturated rings. The minimum atomic E-state index is -0.537. The molecule has 0 spiro atoms. The van der Waals surface area contributed by atoms with Crippen LogP contribution in [0, 0.1) is 5.41 Å². The van der Waals surface area contributed by atoms with Crippen LogP contribution in [0.5, 0.6) is 0 Å². The lowest BCUT2D eigenvalue weighted by molar-refractivity contribution is -0.143. The molecule has 0 aromatic rings. The molecule has 0 aliphatic carbocycles. The van der Waals surface area contributed by atoms with E-state index in [4.69, 9.17) is 16.3 Å². The van der Waals surface area contributed by atoms with Crippen molar-refractivity contribution in [3.8, 4) is 0 Å². The predicted octanol–water partition coefficient (Wildman–Crippen LogP) is 2.98. The number of carbonyl (C=O) groups is 1. The molecule has 0 radical (unpaired) electrons. The Balaban J connectivity index is 3.62. The molecule has 0 aromatic heterocycles. The monoisotopic (exact) mass is 206 g/mol. The highest BCUT2D eigenvalue weighted by Crippen LogP contribution is 2.24. The van der Waals surface area contributed by atoms with Crippen molar-refractivity contribution in [3.63, 3.8) is 0 Å². The van der Waals surface area contributed by atoms with Gasteiger partial charge in [-0.25, -0.2) is 0 Å². The second-order valence-electron chi connectivity index (χ2n) is 4.05. The van der Waals surface area contributed by atoms with E-state index < -0.39 is 5.38 Å². The molecule has 0 saturated heterocycles. The lowest BCUT2D eigenvalue weighted by atomic mass is 9.87. The van der Waals surface area contributed by atoms with Gasteiger partial charge in [-0.1, -0.05) is 27.2 Å². The van der Waals surface area contributed by atoms with Gasteiger partial charge in [0.1, 0.15) is 5.38 Å². The zero-order valence-corrected chi connectivity index (χ0v) is 9.65. The van der Waals surface area contributed by atoms with Gasteiger partial charge in [0.25, 0.3) is 0 Å². The highest BCUT2D eigenvalue weighted by atomic mass is 35.5. The lowest BCUT2D eigenvalue weighted by Gasteiger charge is -2.22. The number of hydrogen-bond acceptors (Lipinski definition) is 2. The maximum atomic E-state index is 11.0. The number of halogens is 1. The Morgan fingerprint density at radius 3 is 2.46 bits per heavy atom.